The fraction of sp³-hybridized carbons (Fsp3) is 0.417. The van der Waals surface area contributed by atoms with Crippen LogP contribution in [0.25, 0.3) is 10.9 Å². The number of nitrogens with one attached hydrogen (secondary N) is 1. The van der Waals surface area contributed by atoms with Crippen LogP contribution >= 0.6 is 0 Å². The van der Waals surface area contributed by atoms with Crippen LogP contribution in [0.15, 0.2) is 24.4 Å². The maximum atomic E-state index is 10.7. The van der Waals surface area contributed by atoms with E-state index >= 15 is 0 Å². The van der Waals surface area contributed by atoms with Crippen molar-refractivity contribution in [1.82, 2.24) is 15.1 Å². The van der Waals surface area contributed by atoms with Crippen LogP contribution in [0.4, 0.5) is 5.69 Å². The molecule has 0 unspecified atom stereocenters. The van der Waals surface area contributed by atoms with E-state index in [1.54, 1.807) is 23.0 Å². The summed E-state index contributed by atoms with van der Waals surface area (Å²) in [5.74, 6) is 0. The smallest absolute Gasteiger partial charge is 0.271 e. The lowest BCUT2D eigenvalue weighted by molar-refractivity contribution is -0.384. The van der Waals surface area contributed by atoms with E-state index in [1.165, 1.54) is 6.07 Å². The van der Waals surface area contributed by atoms with E-state index in [9.17, 15) is 10.1 Å². The van der Waals surface area contributed by atoms with Gasteiger partial charge < -0.3 is 5.32 Å². The quantitative estimate of drug-likeness (QED) is 0.648. The van der Waals surface area contributed by atoms with Gasteiger partial charge in [-0.2, -0.15) is 5.10 Å². The minimum atomic E-state index is -0.386. The van der Waals surface area contributed by atoms with Gasteiger partial charge in [-0.25, -0.2) is 0 Å². The highest BCUT2D eigenvalue weighted by molar-refractivity contribution is 5.80. The normalized spacial score (nSPS) is 11.3. The lowest BCUT2D eigenvalue weighted by atomic mass is 10.2. The van der Waals surface area contributed by atoms with E-state index in [4.69, 9.17) is 0 Å². The molecule has 2 aromatic rings. The van der Waals surface area contributed by atoms with Gasteiger partial charge in [0.1, 0.15) is 0 Å². The summed E-state index contributed by atoms with van der Waals surface area (Å²) in [6.45, 7) is 5.64. The molecule has 0 bridgehead atoms. The van der Waals surface area contributed by atoms with Gasteiger partial charge in [-0.1, -0.05) is 13.8 Å². The van der Waals surface area contributed by atoms with Crippen molar-refractivity contribution in [3.8, 4) is 0 Å². The monoisotopic (exact) mass is 248 g/mol. The topological polar surface area (TPSA) is 73.0 Å². The number of nitro groups is 1. The summed E-state index contributed by atoms with van der Waals surface area (Å²) >= 11 is 0. The maximum absolute atomic E-state index is 10.7. The Morgan fingerprint density at radius 1 is 1.50 bits per heavy atom. The van der Waals surface area contributed by atoms with Crippen LogP contribution in [-0.2, 0) is 6.54 Å². The molecule has 0 saturated carbocycles. The zero-order valence-electron chi connectivity index (χ0n) is 10.5. The van der Waals surface area contributed by atoms with Crippen LogP contribution in [-0.4, -0.2) is 27.3 Å². The average molecular weight is 248 g/mol. The van der Waals surface area contributed by atoms with Gasteiger partial charge in [0, 0.05) is 30.1 Å². The number of nitro benzene ring substituents is 1. The molecule has 1 aromatic carbocycles. The number of rotatable bonds is 5. The summed E-state index contributed by atoms with van der Waals surface area (Å²) in [5.41, 5.74) is 0.899. The predicted octanol–water partition coefficient (Wildman–Crippen LogP) is 1.94. The lowest BCUT2D eigenvalue weighted by Gasteiger charge is -2.08. The molecule has 0 aliphatic rings. The van der Waals surface area contributed by atoms with Crippen LogP contribution in [0.5, 0.6) is 0 Å². The van der Waals surface area contributed by atoms with Crippen molar-refractivity contribution in [1.29, 1.82) is 0 Å². The molecular weight excluding hydrogens is 232 g/mol. The van der Waals surface area contributed by atoms with Crippen LogP contribution in [0.1, 0.15) is 13.8 Å². The number of hydrogen-bond acceptors (Lipinski definition) is 4. The van der Waals surface area contributed by atoms with E-state index in [0.717, 1.165) is 17.4 Å². The van der Waals surface area contributed by atoms with Crippen molar-refractivity contribution in [2.24, 2.45) is 0 Å². The molecule has 0 fully saturated rings. The van der Waals surface area contributed by atoms with Gasteiger partial charge in [-0.15, -0.1) is 0 Å². The van der Waals surface area contributed by atoms with Crippen LogP contribution < -0.4 is 5.32 Å². The molecule has 2 rings (SSSR count). The SMILES string of the molecule is CC(C)NCCn1ncc2ccc([N+](=O)[O-])cc21. The van der Waals surface area contributed by atoms with E-state index < -0.39 is 0 Å². The number of fused-ring (bicyclic) bond motifs is 1. The highest BCUT2D eigenvalue weighted by atomic mass is 16.6. The van der Waals surface area contributed by atoms with E-state index in [-0.39, 0.29) is 10.6 Å². The zero-order chi connectivity index (χ0) is 13.1. The Morgan fingerprint density at radius 3 is 2.94 bits per heavy atom. The highest BCUT2D eigenvalue weighted by Crippen LogP contribution is 2.20. The van der Waals surface area contributed by atoms with Gasteiger partial charge >= 0.3 is 0 Å². The Kier molecular flexibility index (Phi) is 3.57. The second-order valence-corrected chi connectivity index (χ2v) is 4.48. The Balaban J connectivity index is 2.22. The van der Waals surface area contributed by atoms with E-state index in [0.29, 0.717) is 12.6 Å². The number of nitrogens with zero attached hydrogens (tertiary/aromatic N) is 3. The van der Waals surface area contributed by atoms with E-state index in [1.807, 2.05) is 0 Å². The number of benzene rings is 1. The van der Waals surface area contributed by atoms with Crippen LogP contribution in [0, 0.1) is 10.1 Å². The molecule has 1 N–H and O–H groups in total. The fourth-order valence-electron chi connectivity index (χ4n) is 1.81. The third-order valence-electron chi connectivity index (χ3n) is 2.72. The van der Waals surface area contributed by atoms with Gasteiger partial charge in [-0.3, -0.25) is 14.8 Å². The summed E-state index contributed by atoms with van der Waals surface area (Å²) in [5, 5.41) is 19.2. The summed E-state index contributed by atoms with van der Waals surface area (Å²) in [6, 6.07) is 5.21. The molecule has 6 nitrogen and oxygen atoms in total. The molecule has 0 radical (unpaired) electrons. The Labute approximate surface area is 105 Å². The third-order valence-corrected chi connectivity index (χ3v) is 2.72. The first-order valence-electron chi connectivity index (χ1n) is 5.91. The van der Waals surface area contributed by atoms with Crippen molar-refractivity contribution < 1.29 is 4.92 Å². The first-order valence-corrected chi connectivity index (χ1v) is 5.91. The van der Waals surface area contributed by atoms with Gasteiger partial charge in [0.2, 0.25) is 0 Å². The number of aromatic nitrogens is 2. The fourth-order valence-corrected chi connectivity index (χ4v) is 1.81. The highest BCUT2D eigenvalue weighted by Gasteiger charge is 2.09. The van der Waals surface area contributed by atoms with Crippen molar-refractivity contribution >= 4 is 16.6 Å². The minimum Gasteiger partial charge on any atom is -0.313 e. The van der Waals surface area contributed by atoms with Gasteiger partial charge in [0.05, 0.1) is 23.2 Å². The minimum absolute atomic E-state index is 0.0982. The van der Waals surface area contributed by atoms with Crippen molar-refractivity contribution in [2.75, 3.05) is 6.54 Å². The molecule has 1 heterocycles. The molecule has 1 aromatic heterocycles. The Hall–Kier alpha value is -1.95. The average Bonchev–Trinajstić information content (AvgIpc) is 2.71. The van der Waals surface area contributed by atoms with E-state index in [2.05, 4.69) is 24.3 Å². The molecular formula is C12H16N4O2. The summed E-state index contributed by atoms with van der Waals surface area (Å²) < 4.78 is 1.79. The Bertz CT molecular complexity index is 562. The Morgan fingerprint density at radius 2 is 2.28 bits per heavy atom. The van der Waals surface area contributed by atoms with Gasteiger partial charge in [0.25, 0.3) is 5.69 Å². The van der Waals surface area contributed by atoms with Crippen molar-refractivity contribution in [3.63, 3.8) is 0 Å². The van der Waals surface area contributed by atoms with Gasteiger partial charge in [-0.05, 0) is 6.07 Å². The predicted molar refractivity (Wildman–Crippen MR) is 69.5 cm³/mol. The molecule has 0 aliphatic heterocycles. The van der Waals surface area contributed by atoms with Crippen molar-refractivity contribution in [2.45, 2.75) is 26.4 Å². The standard InChI is InChI=1S/C12H16N4O2/c1-9(2)13-5-6-15-12-7-11(16(17)18)4-3-10(12)8-14-15/h3-4,7-9,13H,5-6H2,1-2H3. The molecule has 96 valence electrons. The summed E-state index contributed by atoms with van der Waals surface area (Å²) in [4.78, 5) is 10.4. The lowest BCUT2D eigenvalue weighted by Crippen LogP contribution is -2.26. The molecule has 0 spiro atoms. The molecule has 18 heavy (non-hydrogen) atoms. The third kappa shape index (κ3) is 2.65. The second kappa shape index (κ2) is 5.14. The molecule has 0 aliphatic carbocycles. The van der Waals surface area contributed by atoms with Crippen LogP contribution in [0.2, 0.25) is 0 Å². The first kappa shape index (κ1) is 12.5. The largest absolute Gasteiger partial charge is 0.313 e. The molecule has 0 saturated heterocycles. The molecule has 0 atom stereocenters. The van der Waals surface area contributed by atoms with Crippen LogP contribution in [0.3, 0.4) is 0 Å². The van der Waals surface area contributed by atoms with Crippen molar-refractivity contribution in [3.05, 3.63) is 34.5 Å². The zero-order valence-corrected chi connectivity index (χ0v) is 10.5. The summed E-state index contributed by atoms with van der Waals surface area (Å²) in [6.07, 6.45) is 1.73. The number of non-ortho nitro benzene ring substituents is 1. The number of hydrogen-bond donors (Lipinski definition) is 1. The van der Waals surface area contributed by atoms with Gasteiger partial charge in [0.15, 0.2) is 0 Å². The maximum Gasteiger partial charge on any atom is 0.271 e. The second-order valence-electron chi connectivity index (χ2n) is 4.48. The molecule has 0 amide bonds. The first-order chi connectivity index (χ1) is 8.58. The summed E-state index contributed by atoms with van der Waals surface area (Å²) in [7, 11) is 0. The molecule has 6 heteroatoms.